The van der Waals surface area contributed by atoms with Crippen LogP contribution in [-0.2, 0) is 5.41 Å². The fourth-order valence-electron chi connectivity index (χ4n) is 2.18. The molecule has 0 heterocycles. The fraction of sp³-hybridized carbons (Fsp3) is 0.222. The lowest BCUT2D eigenvalue weighted by atomic mass is 9.85. The molecule has 112 valence electrons. The van der Waals surface area contributed by atoms with E-state index in [1.54, 1.807) is 12.1 Å². The molecule has 2 aromatic rings. The Hall–Kier alpha value is -2.80. The Morgan fingerprint density at radius 1 is 1.05 bits per heavy atom. The molecule has 0 radical (unpaired) electrons. The zero-order valence-corrected chi connectivity index (χ0v) is 13.0. The Balaban J connectivity index is 2.24. The molecule has 0 saturated carbocycles. The second kappa shape index (κ2) is 6.31. The molecule has 0 bridgehead atoms. The zero-order chi connectivity index (χ0) is 16.2. The number of hydrogen-bond acceptors (Lipinski definition) is 2. The van der Waals surface area contributed by atoms with Crippen molar-refractivity contribution in [2.24, 2.45) is 0 Å². The Kier molecular flexibility index (Phi) is 4.47. The van der Waals surface area contributed by atoms with E-state index >= 15 is 0 Å². The summed E-state index contributed by atoms with van der Waals surface area (Å²) in [5.41, 5.74) is 2.73. The standard InChI is InChI=1S/C18H19N3O/c1-18(2,3)15-10-9-13(12-19)11-16(15)21-17(22)20-14-7-5-4-6-8-14/h4-11H,1-3H3,(H2,20,21,22). The van der Waals surface area contributed by atoms with Gasteiger partial charge in [0.25, 0.3) is 0 Å². The van der Waals surface area contributed by atoms with Gasteiger partial charge in [0, 0.05) is 11.4 Å². The summed E-state index contributed by atoms with van der Waals surface area (Å²) in [6, 6.07) is 16.3. The first kappa shape index (κ1) is 15.6. The van der Waals surface area contributed by atoms with E-state index in [1.807, 2.05) is 36.4 Å². The third-order valence-electron chi connectivity index (χ3n) is 3.24. The molecule has 2 rings (SSSR count). The predicted molar refractivity (Wildman–Crippen MR) is 88.9 cm³/mol. The Bertz CT molecular complexity index is 709. The SMILES string of the molecule is CC(C)(C)c1ccc(C#N)cc1NC(=O)Nc1ccccc1. The molecule has 0 aliphatic heterocycles. The molecular formula is C18H19N3O. The molecule has 2 N–H and O–H groups in total. The smallest absolute Gasteiger partial charge is 0.308 e. The number of anilines is 2. The van der Waals surface area contributed by atoms with Crippen LogP contribution in [0.3, 0.4) is 0 Å². The van der Waals surface area contributed by atoms with Gasteiger partial charge in [0.1, 0.15) is 0 Å². The van der Waals surface area contributed by atoms with E-state index in [0.29, 0.717) is 16.9 Å². The number of urea groups is 1. The first-order valence-corrected chi connectivity index (χ1v) is 7.08. The van der Waals surface area contributed by atoms with Gasteiger partial charge in [0.2, 0.25) is 0 Å². The number of nitrogens with one attached hydrogen (secondary N) is 2. The summed E-state index contributed by atoms with van der Waals surface area (Å²) in [6.07, 6.45) is 0. The van der Waals surface area contributed by atoms with Gasteiger partial charge in [-0.15, -0.1) is 0 Å². The molecule has 4 heteroatoms. The molecule has 2 aromatic carbocycles. The van der Waals surface area contributed by atoms with Crippen molar-refractivity contribution < 1.29 is 4.79 Å². The maximum Gasteiger partial charge on any atom is 0.323 e. The number of para-hydroxylation sites is 1. The normalized spacial score (nSPS) is 10.6. The first-order valence-electron chi connectivity index (χ1n) is 7.08. The van der Waals surface area contributed by atoms with Crippen LogP contribution in [0.1, 0.15) is 31.9 Å². The van der Waals surface area contributed by atoms with E-state index in [1.165, 1.54) is 0 Å². The lowest BCUT2D eigenvalue weighted by molar-refractivity contribution is 0.262. The van der Waals surface area contributed by atoms with Crippen LogP contribution in [0.5, 0.6) is 0 Å². The van der Waals surface area contributed by atoms with E-state index in [9.17, 15) is 4.79 Å². The van der Waals surface area contributed by atoms with Crippen molar-refractivity contribution >= 4 is 17.4 Å². The van der Waals surface area contributed by atoms with E-state index in [4.69, 9.17) is 5.26 Å². The van der Waals surface area contributed by atoms with Crippen molar-refractivity contribution in [3.8, 4) is 6.07 Å². The number of amides is 2. The van der Waals surface area contributed by atoms with Crippen LogP contribution >= 0.6 is 0 Å². The van der Waals surface area contributed by atoms with Gasteiger partial charge < -0.3 is 10.6 Å². The minimum atomic E-state index is -0.327. The van der Waals surface area contributed by atoms with Crippen molar-refractivity contribution in [1.82, 2.24) is 0 Å². The molecule has 0 aromatic heterocycles. The highest BCUT2D eigenvalue weighted by Gasteiger charge is 2.19. The summed E-state index contributed by atoms with van der Waals surface area (Å²) < 4.78 is 0. The molecule has 0 unspecified atom stereocenters. The average Bonchev–Trinajstić information content (AvgIpc) is 2.46. The lowest BCUT2D eigenvalue weighted by Gasteiger charge is -2.23. The van der Waals surface area contributed by atoms with E-state index in [2.05, 4.69) is 37.5 Å². The van der Waals surface area contributed by atoms with Crippen molar-refractivity contribution in [2.45, 2.75) is 26.2 Å². The summed E-state index contributed by atoms with van der Waals surface area (Å²) in [7, 11) is 0. The predicted octanol–water partition coefficient (Wildman–Crippen LogP) is 4.50. The Morgan fingerprint density at radius 2 is 1.73 bits per heavy atom. The molecule has 22 heavy (non-hydrogen) atoms. The molecular weight excluding hydrogens is 274 g/mol. The molecule has 0 atom stereocenters. The summed E-state index contributed by atoms with van der Waals surface area (Å²) >= 11 is 0. The van der Waals surface area contributed by atoms with Gasteiger partial charge in [-0.05, 0) is 35.2 Å². The summed E-state index contributed by atoms with van der Waals surface area (Å²) in [5, 5.41) is 14.7. The summed E-state index contributed by atoms with van der Waals surface area (Å²) in [4.78, 5) is 12.2. The van der Waals surface area contributed by atoms with Crippen molar-refractivity contribution in [1.29, 1.82) is 5.26 Å². The number of hydrogen-bond donors (Lipinski definition) is 2. The second-order valence-electron chi connectivity index (χ2n) is 6.07. The van der Waals surface area contributed by atoms with Gasteiger partial charge in [-0.1, -0.05) is 45.0 Å². The van der Waals surface area contributed by atoms with Crippen molar-refractivity contribution in [3.05, 3.63) is 59.7 Å². The van der Waals surface area contributed by atoms with Gasteiger partial charge in [0.15, 0.2) is 0 Å². The van der Waals surface area contributed by atoms with Crippen LogP contribution in [0, 0.1) is 11.3 Å². The Labute approximate surface area is 130 Å². The highest BCUT2D eigenvalue weighted by Crippen LogP contribution is 2.30. The van der Waals surface area contributed by atoms with Crippen LogP contribution in [-0.4, -0.2) is 6.03 Å². The third kappa shape index (κ3) is 3.86. The number of nitrogens with zero attached hydrogens (tertiary/aromatic N) is 1. The monoisotopic (exact) mass is 293 g/mol. The second-order valence-corrected chi connectivity index (χ2v) is 6.07. The summed E-state index contributed by atoms with van der Waals surface area (Å²) in [5.74, 6) is 0. The molecule has 0 saturated heterocycles. The van der Waals surface area contributed by atoms with Crippen LogP contribution in [0.4, 0.5) is 16.2 Å². The minimum Gasteiger partial charge on any atom is -0.308 e. The quantitative estimate of drug-likeness (QED) is 0.856. The van der Waals surface area contributed by atoms with E-state index in [-0.39, 0.29) is 11.4 Å². The molecule has 2 amide bonds. The van der Waals surface area contributed by atoms with Gasteiger partial charge in [0.05, 0.1) is 11.6 Å². The van der Waals surface area contributed by atoms with Gasteiger partial charge >= 0.3 is 6.03 Å². The highest BCUT2D eigenvalue weighted by molar-refractivity contribution is 6.00. The summed E-state index contributed by atoms with van der Waals surface area (Å²) in [6.45, 7) is 6.19. The fourth-order valence-corrected chi connectivity index (χ4v) is 2.18. The van der Waals surface area contributed by atoms with E-state index < -0.39 is 0 Å². The van der Waals surface area contributed by atoms with Crippen LogP contribution in [0.15, 0.2) is 48.5 Å². The number of rotatable bonds is 2. The zero-order valence-electron chi connectivity index (χ0n) is 13.0. The van der Waals surface area contributed by atoms with Crippen LogP contribution < -0.4 is 10.6 Å². The number of carbonyl (C=O) groups excluding carboxylic acids is 1. The maximum atomic E-state index is 12.2. The van der Waals surface area contributed by atoms with E-state index in [0.717, 1.165) is 5.56 Å². The minimum absolute atomic E-state index is 0.136. The van der Waals surface area contributed by atoms with Crippen LogP contribution in [0.25, 0.3) is 0 Å². The van der Waals surface area contributed by atoms with Gasteiger partial charge in [-0.2, -0.15) is 5.26 Å². The number of carbonyl (C=O) groups is 1. The number of nitriles is 1. The Morgan fingerprint density at radius 3 is 2.32 bits per heavy atom. The topological polar surface area (TPSA) is 64.9 Å². The molecule has 0 fully saturated rings. The lowest BCUT2D eigenvalue weighted by Crippen LogP contribution is -2.23. The maximum absolute atomic E-state index is 12.2. The average molecular weight is 293 g/mol. The van der Waals surface area contributed by atoms with Gasteiger partial charge in [-0.3, -0.25) is 0 Å². The van der Waals surface area contributed by atoms with Crippen molar-refractivity contribution in [3.63, 3.8) is 0 Å². The van der Waals surface area contributed by atoms with Gasteiger partial charge in [-0.25, -0.2) is 4.79 Å². The highest BCUT2D eigenvalue weighted by atomic mass is 16.2. The third-order valence-corrected chi connectivity index (χ3v) is 3.24. The van der Waals surface area contributed by atoms with Crippen molar-refractivity contribution in [2.75, 3.05) is 10.6 Å². The molecule has 0 aliphatic carbocycles. The molecule has 0 aliphatic rings. The molecule has 4 nitrogen and oxygen atoms in total. The molecule has 0 spiro atoms. The van der Waals surface area contributed by atoms with Crippen LogP contribution in [0.2, 0.25) is 0 Å². The largest absolute Gasteiger partial charge is 0.323 e. The first-order chi connectivity index (χ1) is 10.4. The number of benzene rings is 2.